The summed E-state index contributed by atoms with van der Waals surface area (Å²) >= 11 is 1.84. The van der Waals surface area contributed by atoms with Crippen LogP contribution < -0.4 is 10.6 Å². The van der Waals surface area contributed by atoms with Gasteiger partial charge in [-0.2, -0.15) is 11.8 Å². The van der Waals surface area contributed by atoms with Gasteiger partial charge in [-0.15, -0.1) is 0 Å². The van der Waals surface area contributed by atoms with Crippen LogP contribution in [0.2, 0.25) is 0 Å². The molecule has 21 heavy (non-hydrogen) atoms. The van der Waals surface area contributed by atoms with Crippen molar-refractivity contribution in [3.8, 4) is 0 Å². The third kappa shape index (κ3) is 4.72. The van der Waals surface area contributed by atoms with Crippen LogP contribution in [-0.2, 0) is 14.6 Å². The second kappa shape index (κ2) is 6.81. The highest BCUT2D eigenvalue weighted by Gasteiger charge is 2.17. The minimum atomic E-state index is -3.27. The molecule has 0 bridgehead atoms. The number of aryl methyl sites for hydroxylation is 1. The number of nitrogens with one attached hydrogen (secondary N) is 2. The fourth-order valence-electron chi connectivity index (χ4n) is 2.14. The van der Waals surface area contributed by atoms with Crippen molar-refractivity contribution in [2.75, 3.05) is 29.6 Å². The predicted molar refractivity (Wildman–Crippen MR) is 86.7 cm³/mol. The van der Waals surface area contributed by atoms with Crippen LogP contribution in [0.3, 0.4) is 0 Å². The van der Waals surface area contributed by atoms with Gasteiger partial charge in [-0.25, -0.2) is 8.42 Å². The topological polar surface area (TPSA) is 75.3 Å². The Morgan fingerprint density at radius 1 is 1.48 bits per heavy atom. The molecule has 1 saturated heterocycles. The smallest absolute Gasteiger partial charge is 0.225 e. The normalized spacial score (nSPS) is 19.2. The molecule has 1 aromatic rings. The fourth-order valence-corrected chi connectivity index (χ4v) is 3.74. The third-order valence-corrected chi connectivity index (χ3v) is 5.58. The number of hydrogen-bond donors (Lipinski definition) is 2. The van der Waals surface area contributed by atoms with E-state index in [4.69, 9.17) is 0 Å². The van der Waals surface area contributed by atoms with Gasteiger partial charge in [-0.3, -0.25) is 4.79 Å². The van der Waals surface area contributed by atoms with E-state index in [9.17, 15) is 13.2 Å². The summed E-state index contributed by atoms with van der Waals surface area (Å²) in [6.45, 7) is 2.77. The van der Waals surface area contributed by atoms with Crippen molar-refractivity contribution >= 4 is 33.2 Å². The summed E-state index contributed by atoms with van der Waals surface area (Å²) in [5.74, 6) is 1.91. The average Bonchev–Trinajstić information content (AvgIpc) is 2.41. The molecule has 1 fully saturated rings. The number of amides is 1. The lowest BCUT2D eigenvalue weighted by Crippen LogP contribution is -2.39. The van der Waals surface area contributed by atoms with E-state index in [1.54, 1.807) is 12.1 Å². The molecule has 7 heteroatoms. The minimum absolute atomic E-state index is 0.0937. The maximum Gasteiger partial charge on any atom is 0.225 e. The fraction of sp³-hybridized carbons (Fsp3) is 0.500. The highest BCUT2D eigenvalue weighted by atomic mass is 32.2. The lowest BCUT2D eigenvalue weighted by atomic mass is 10.1. The Balaban J connectivity index is 2.06. The van der Waals surface area contributed by atoms with Crippen LogP contribution in [0.4, 0.5) is 5.69 Å². The molecule has 0 saturated carbocycles. The average molecular weight is 328 g/mol. The van der Waals surface area contributed by atoms with Gasteiger partial charge < -0.3 is 10.6 Å². The van der Waals surface area contributed by atoms with Gasteiger partial charge in [-0.05, 0) is 24.6 Å². The number of rotatable bonds is 4. The zero-order valence-electron chi connectivity index (χ0n) is 12.2. The molecule has 1 heterocycles. The zero-order chi connectivity index (χ0) is 15.5. The summed E-state index contributed by atoms with van der Waals surface area (Å²) < 4.78 is 23.1. The number of carbonyl (C=O) groups excluding carboxylic acids is 1. The van der Waals surface area contributed by atoms with E-state index in [-0.39, 0.29) is 16.8 Å². The van der Waals surface area contributed by atoms with Gasteiger partial charge in [-0.1, -0.05) is 6.07 Å². The Morgan fingerprint density at radius 3 is 2.86 bits per heavy atom. The van der Waals surface area contributed by atoms with Crippen LogP contribution in [0.15, 0.2) is 23.1 Å². The Kier molecular flexibility index (Phi) is 5.29. The van der Waals surface area contributed by atoms with Crippen molar-refractivity contribution in [2.24, 2.45) is 0 Å². The van der Waals surface area contributed by atoms with E-state index in [0.717, 1.165) is 29.9 Å². The van der Waals surface area contributed by atoms with Crippen LogP contribution in [0.5, 0.6) is 0 Å². The molecule has 0 radical (unpaired) electrons. The van der Waals surface area contributed by atoms with Crippen molar-refractivity contribution in [1.82, 2.24) is 5.32 Å². The molecular weight excluding hydrogens is 308 g/mol. The molecule has 1 aliphatic heterocycles. The van der Waals surface area contributed by atoms with Crippen molar-refractivity contribution in [3.05, 3.63) is 23.8 Å². The van der Waals surface area contributed by atoms with E-state index >= 15 is 0 Å². The minimum Gasteiger partial charge on any atom is -0.326 e. The molecule has 0 aliphatic carbocycles. The molecule has 0 aromatic heterocycles. The lowest BCUT2D eigenvalue weighted by Gasteiger charge is -2.22. The van der Waals surface area contributed by atoms with Crippen LogP contribution in [0, 0.1) is 6.92 Å². The van der Waals surface area contributed by atoms with Gasteiger partial charge >= 0.3 is 0 Å². The number of benzene rings is 1. The summed E-state index contributed by atoms with van der Waals surface area (Å²) in [6.07, 6.45) is 1.56. The second-order valence-corrected chi connectivity index (χ2v) is 8.39. The first-order chi connectivity index (χ1) is 9.86. The Labute approximate surface area is 129 Å². The van der Waals surface area contributed by atoms with Crippen LogP contribution in [-0.4, -0.2) is 44.7 Å². The van der Waals surface area contributed by atoms with E-state index in [2.05, 4.69) is 10.6 Å². The van der Waals surface area contributed by atoms with Crippen LogP contribution in [0.1, 0.15) is 12.0 Å². The lowest BCUT2D eigenvalue weighted by molar-refractivity contribution is -0.116. The zero-order valence-corrected chi connectivity index (χ0v) is 13.8. The van der Waals surface area contributed by atoms with Crippen molar-refractivity contribution in [2.45, 2.75) is 24.3 Å². The van der Waals surface area contributed by atoms with E-state index in [1.165, 1.54) is 6.07 Å². The van der Waals surface area contributed by atoms with Crippen molar-refractivity contribution in [3.63, 3.8) is 0 Å². The first-order valence-corrected chi connectivity index (χ1v) is 9.82. The molecular formula is C14H20N2O3S2. The molecule has 116 valence electrons. The summed E-state index contributed by atoms with van der Waals surface area (Å²) in [5.41, 5.74) is 1.41. The molecule has 1 atom stereocenters. The first kappa shape index (κ1) is 16.3. The van der Waals surface area contributed by atoms with E-state index < -0.39 is 9.84 Å². The summed E-state index contributed by atoms with van der Waals surface area (Å²) in [5, 5.41) is 6.13. The van der Waals surface area contributed by atoms with Crippen molar-refractivity contribution in [1.29, 1.82) is 0 Å². The molecule has 1 amide bonds. The van der Waals surface area contributed by atoms with Gasteiger partial charge in [0.1, 0.15) is 0 Å². The standard InChI is InChI=1S/C14H20N2O3S2/c1-10-3-4-12(21(2,18)19)8-13(10)16-14(17)7-11-9-20-6-5-15-11/h3-4,8,11,15H,5-7,9H2,1-2H3,(H,16,17). The summed E-state index contributed by atoms with van der Waals surface area (Å²) in [4.78, 5) is 12.3. The number of carbonyl (C=O) groups is 1. The quantitative estimate of drug-likeness (QED) is 0.874. The SMILES string of the molecule is Cc1ccc(S(C)(=O)=O)cc1NC(=O)CC1CSCCN1. The molecule has 1 aromatic carbocycles. The number of sulfone groups is 1. The second-order valence-electron chi connectivity index (χ2n) is 5.23. The molecule has 2 rings (SSSR count). The van der Waals surface area contributed by atoms with E-state index in [1.807, 2.05) is 18.7 Å². The number of anilines is 1. The monoisotopic (exact) mass is 328 g/mol. The highest BCUT2D eigenvalue weighted by molar-refractivity contribution is 7.99. The Morgan fingerprint density at radius 2 is 2.24 bits per heavy atom. The van der Waals surface area contributed by atoms with Gasteiger partial charge in [0.25, 0.3) is 0 Å². The molecule has 5 nitrogen and oxygen atoms in total. The van der Waals surface area contributed by atoms with Gasteiger partial charge in [0, 0.05) is 42.5 Å². The van der Waals surface area contributed by atoms with Gasteiger partial charge in [0.05, 0.1) is 4.90 Å². The predicted octanol–water partition coefficient (Wildman–Crippen LogP) is 1.43. The highest BCUT2D eigenvalue weighted by Crippen LogP contribution is 2.21. The van der Waals surface area contributed by atoms with Gasteiger partial charge in [0.2, 0.25) is 5.91 Å². The molecule has 2 N–H and O–H groups in total. The van der Waals surface area contributed by atoms with E-state index in [0.29, 0.717) is 12.1 Å². The number of thioether (sulfide) groups is 1. The molecule has 1 unspecified atom stereocenters. The van der Waals surface area contributed by atoms with Crippen LogP contribution >= 0.6 is 11.8 Å². The summed E-state index contributed by atoms with van der Waals surface area (Å²) in [6, 6.07) is 4.97. The first-order valence-electron chi connectivity index (χ1n) is 6.78. The Bertz CT molecular complexity index is 623. The largest absolute Gasteiger partial charge is 0.326 e. The Hall–Kier alpha value is -1.05. The van der Waals surface area contributed by atoms with Crippen molar-refractivity contribution < 1.29 is 13.2 Å². The summed E-state index contributed by atoms with van der Waals surface area (Å²) in [7, 11) is -3.27. The maximum atomic E-state index is 12.1. The molecule has 0 spiro atoms. The number of hydrogen-bond acceptors (Lipinski definition) is 5. The van der Waals surface area contributed by atoms with Gasteiger partial charge in [0.15, 0.2) is 9.84 Å². The maximum absolute atomic E-state index is 12.1. The van der Waals surface area contributed by atoms with Crippen LogP contribution in [0.25, 0.3) is 0 Å². The third-order valence-electron chi connectivity index (χ3n) is 3.34. The molecule has 1 aliphatic rings.